The number of rotatable bonds is 5. The molecule has 1 rings (SSSR count). The zero-order valence-electron chi connectivity index (χ0n) is 10.8. The normalized spacial score (nSPS) is 13.4. The second kappa shape index (κ2) is 5.82. The first-order chi connectivity index (χ1) is 7.49. The van der Waals surface area contributed by atoms with Crippen LogP contribution in [0.3, 0.4) is 0 Å². The van der Waals surface area contributed by atoms with E-state index in [2.05, 4.69) is 58.7 Å². The molecule has 1 atom stereocenters. The van der Waals surface area contributed by atoms with Gasteiger partial charge in [-0.3, -0.25) is 4.68 Å². The Morgan fingerprint density at radius 2 is 2.00 bits per heavy atom. The Labute approximate surface area is 107 Å². The van der Waals surface area contributed by atoms with Gasteiger partial charge in [-0.25, -0.2) is 0 Å². The minimum atomic E-state index is 0.421. The summed E-state index contributed by atoms with van der Waals surface area (Å²) in [4.78, 5) is 0. The summed E-state index contributed by atoms with van der Waals surface area (Å²) in [5.74, 6) is 0.573. The molecule has 1 aromatic rings. The molecule has 1 aromatic heterocycles. The van der Waals surface area contributed by atoms with Gasteiger partial charge in [-0.1, -0.05) is 20.8 Å². The van der Waals surface area contributed by atoms with Crippen molar-refractivity contribution in [3.63, 3.8) is 0 Å². The van der Waals surface area contributed by atoms with Gasteiger partial charge < -0.3 is 5.32 Å². The molecule has 0 amide bonds. The van der Waals surface area contributed by atoms with E-state index in [4.69, 9.17) is 0 Å². The van der Waals surface area contributed by atoms with Gasteiger partial charge in [0.15, 0.2) is 0 Å². The molecule has 16 heavy (non-hydrogen) atoms. The van der Waals surface area contributed by atoms with Crippen molar-refractivity contribution in [2.24, 2.45) is 5.92 Å². The SMILES string of the molecule is CCNCC(C(C)C)n1nc(C)c(Br)c1C. The predicted octanol–water partition coefficient (Wildman–Crippen LogP) is 3.07. The Kier molecular flexibility index (Phi) is 4.99. The highest BCUT2D eigenvalue weighted by molar-refractivity contribution is 9.10. The maximum atomic E-state index is 4.61. The standard InChI is InChI=1S/C12H22BrN3/c1-6-14-7-11(8(2)3)16-10(5)12(13)9(4)15-16/h8,11,14H,6-7H2,1-5H3. The van der Waals surface area contributed by atoms with Crippen molar-refractivity contribution < 1.29 is 0 Å². The third kappa shape index (κ3) is 2.86. The van der Waals surface area contributed by atoms with Gasteiger partial charge in [-0.2, -0.15) is 5.10 Å². The van der Waals surface area contributed by atoms with Crippen molar-refractivity contribution in [2.45, 2.75) is 40.7 Å². The minimum absolute atomic E-state index is 0.421. The summed E-state index contributed by atoms with van der Waals surface area (Å²) in [5, 5.41) is 8.02. The molecule has 0 aliphatic heterocycles. The van der Waals surface area contributed by atoms with E-state index in [1.54, 1.807) is 0 Å². The van der Waals surface area contributed by atoms with Crippen molar-refractivity contribution >= 4 is 15.9 Å². The van der Waals surface area contributed by atoms with Crippen LogP contribution in [0.4, 0.5) is 0 Å². The van der Waals surface area contributed by atoms with Gasteiger partial charge in [-0.05, 0) is 42.2 Å². The quantitative estimate of drug-likeness (QED) is 0.902. The number of hydrogen-bond donors (Lipinski definition) is 1. The minimum Gasteiger partial charge on any atom is -0.315 e. The lowest BCUT2D eigenvalue weighted by Gasteiger charge is -2.23. The Hall–Kier alpha value is -0.350. The van der Waals surface area contributed by atoms with Gasteiger partial charge in [0.2, 0.25) is 0 Å². The summed E-state index contributed by atoms with van der Waals surface area (Å²) in [5.41, 5.74) is 2.29. The van der Waals surface area contributed by atoms with Crippen molar-refractivity contribution in [3.8, 4) is 0 Å². The Morgan fingerprint density at radius 1 is 1.38 bits per heavy atom. The van der Waals surface area contributed by atoms with E-state index in [0.29, 0.717) is 12.0 Å². The fourth-order valence-corrected chi connectivity index (χ4v) is 2.12. The predicted molar refractivity (Wildman–Crippen MR) is 71.8 cm³/mol. The van der Waals surface area contributed by atoms with Crippen LogP contribution in [0.2, 0.25) is 0 Å². The molecule has 0 aliphatic rings. The van der Waals surface area contributed by atoms with E-state index >= 15 is 0 Å². The van der Waals surface area contributed by atoms with Crippen molar-refractivity contribution in [2.75, 3.05) is 13.1 Å². The number of nitrogens with one attached hydrogen (secondary N) is 1. The highest BCUT2D eigenvalue weighted by Crippen LogP contribution is 2.25. The highest BCUT2D eigenvalue weighted by Gasteiger charge is 2.20. The Bertz CT molecular complexity index is 344. The number of halogens is 1. The molecule has 0 spiro atoms. The molecule has 0 radical (unpaired) electrons. The third-order valence-corrected chi connectivity index (χ3v) is 4.07. The van der Waals surface area contributed by atoms with E-state index in [9.17, 15) is 0 Å². The van der Waals surface area contributed by atoms with E-state index in [0.717, 1.165) is 23.3 Å². The summed E-state index contributed by atoms with van der Waals surface area (Å²) in [7, 11) is 0. The van der Waals surface area contributed by atoms with Gasteiger partial charge in [0.1, 0.15) is 0 Å². The van der Waals surface area contributed by atoms with Crippen LogP contribution in [-0.2, 0) is 0 Å². The molecular formula is C12H22BrN3. The number of aromatic nitrogens is 2. The maximum Gasteiger partial charge on any atom is 0.0738 e. The monoisotopic (exact) mass is 287 g/mol. The van der Waals surface area contributed by atoms with E-state index < -0.39 is 0 Å². The summed E-state index contributed by atoms with van der Waals surface area (Å²) < 4.78 is 3.28. The van der Waals surface area contributed by atoms with Crippen molar-refractivity contribution in [3.05, 3.63) is 15.9 Å². The molecule has 1 N–H and O–H groups in total. The molecule has 0 aromatic carbocycles. The van der Waals surface area contributed by atoms with Crippen LogP contribution in [0.5, 0.6) is 0 Å². The first kappa shape index (κ1) is 13.7. The van der Waals surface area contributed by atoms with Crippen LogP contribution >= 0.6 is 15.9 Å². The van der Waals surface area contributed by atoms with Crippen molar-refractivity contribution in [1.29, 1.82) is 0 Å². The molecule has 1 heterocycles. The molecular weight excluding hydrogens is 266 g/mol. The molecule has 92 valence electrons. The molecule has 0 aliphatic carbocycles. The Balaban J connectivity index is 2.96. The summed E-state index contributed by atoms with van der Waals surface area (Å²) in [6.07, 6.45) is 0. The molecule has 0 bridgehead atoms. The van der Waals surface area contributed by atoms with Crippen LogP contribution in [-0.4, -0.2) is 22.9 Å². The lowest BCUT2D eigenvalue weighted by atomic mass is 10.0. The second-order valence-corrected chi connectivity index (χ2v) is 5.34. The first-order valence-electron chi connectivity index (χ1n) is 5.90. The molecule has 0 saturated carbocycles. The molecule has 0 fully saturated rings. The zero-order chi connectivity index (χ0) is 12.3. The average molecular weight is 288 g/mol. The maximum absolute atomic E-state index is 4.61. The van der Waals surface area contributed by atoms with Gasteiger partial charge in [0.25, 0.3) is 0 Å². The average Bonchev–Trinajstić information content (AvgIpc) is 2.47. The van der Waals surface area contributed by atoms with Crippen LogP contribution in [0.25, 0.3) is 0 Å². The lowest BCUT2D eigenvalue weighted by Crippen LogP contribution is -2.30. The number of nitrogens with zero attached hydrogens (tertiary/aromatic N) is 2. The summed E-state index contributed by atoms with van der Waals surface area (Å²) in [6.45, 7) is 12.8. The van der Waals surface area contributed by atoms with Gasteiger partial charge in [0.05, 0.1) is 21.9 Å². The number of hydrogen-bond acceptors (Lipinski definition) is 2. The number of aryl methyl sites for hydroxylation is 1. The largest absolute Gasteiger partial charge is 0.315 e. The fourth-order valence-electron chi connectivity index (χ4n) is 1.86. The molecule has 4 heteroatoms. The summed E-state index contributed by atoms with van der Waals surface area (Å²) >= 11 is 3.58. The lowest BCUT2D eigenvalue weighted by molar-refractivity contribution is 0.326. The van der Waals surface area contributed by atoms with E-state index in [1.807, 2.05) is 6.92 Å². The molecule has 1 unspecified atom stereocenters. The van der Waals surface area contributed by atoms with E-state index in [-0.39, 0.29) is 0 Å². The van der Waals surface area contributed by atoms with Crippen LogP contribution < -0.4 is 5.32 Å². The highest BCUT2D eigenvalue weighted by atomic mass is 79.9. The third-order valence-electron chi connectivity index (χ3n) is 2.92. The molecule has 0 saturated heterocycles. The van der Waals surface area contributed by atoms with Crippen LogP contribution in [0, 0.1) is 19.8 Å². The van der Waals surface area contributed by atoms with Gasteiger partial charge in [0, 0.05) is 6.54 Å². The van der Waals surface area contributed by atoms with E-state index in [1.165, 1.54) is 5.69 Å². The summed E-state index contributed by atoms with van der Waals surface area (Å²) in [6, 6.07) is 0.421. The smallest absolute Gasteiger partial charge is 0.0738 e. The number of likely N-dealkylation sites (N-methyl/N-ethyl adjacent to an activating group) is 1. The first-order valence-corrected chi connectivity index (χ1v) is 6.70. The molecule has 3 nitrogen and oxygen atoms in total. The van der Waals surface area contributed by atoms with Gasteiger partial charge in [-0.15, -0.1) is 0 Å². The van der Waals surface area contributed by atoms with Crippen LogP contribution in [0.1, 0.15) is 38.2 Å². The second-order valence-electron chi connectivity index (χ2n) is 4.55. The topological polar surface area (TPSA) is 29.9 Å². The van der Waals surface area contributed by atoms with Crippen LogP contribution in [0.15, 0.2) is 4.47 Å². The fraction of sp³-hybridized carbons (Fsp3) is 0.750. The van der Waals surface area contributed by atoms with Gasteiger partial charge >= 0.3 is 0 Å². The Morgan fingerprint density at radius 3 is 2.38 bits per heavy atom. The zero-order valence-corrected chi connectivity index (χ0v) is 12.4. The van der Waals surface area contributed by atoms with Crippen molar-refractivity contribution in [1.82, 2.24) is 15.1 Å².